The molecule has 0 spiro atoms. The summed E-state index contributed by atoms with van der Waals surface area (Å²) in [5.74, 6) is -0.806. The third-order valence-corrected chi connectivity index (χ3v) is 4.15. The van der Waals surface area contributed by atoms with Crippen molar-refractivity contribution in [1.82, 2.24) is 5.06 Å². The van der Waals surface area contributed by atoms with Crippen molar-refractivity contribution in [3.05, 3.63) is 22.4 Å². The number of nitrogens with zero attached hydrogens (tertiary/aromatic N) is 2. The van der Waals surface area contributed by atoms with E-state index in [2.05, 4.69) is 4.99 Å². The first-order valence-corrected chi connectivity index (χ1v) is 8.91. The highest BCUT2D eigenvalue weighted by Crippen LogP contribution is 2.47. The second kappa shape index (κ2) is 5.34. The van der Waals surface area contributed by atoms with Crippen LogP contribution >= 0.6 is 18.9 Å². The van der Waals surface area contributed by atoms with Crippen LogP contribution in [0.25, 0.3) is 0 Å². The molecule has 1 aromatic heterocycles. The molecule has 2 unspecified atom stereocenters. The van der Waals surface area contributed by atoms with E-state index in [0.29, 0.717) is 18.9 Å². The minimum absolute atomic E-state index is 0.411. The first kappa shape index (κ1) is 14.7. The van der Waals surface area contributed by atoms with Crippen LogP contribution in [0, 0.1) is 0 Å². The Morgan fingerprint density at radius 2 is 2.37 bits per heavy atom. The van der Waals surface area contributed by atoms with Gasteiger partial charge in [0.15, 0.2) is 0 Å². The van der Waals surface area contributed by atoms with Crippen LogP contribution in [0.3, 0.4) is 0 Å². The van der Waals surface area contributed by atoms with Crippen LogP contribution in [0.2, 0.25) is 0 Å². The zero-order valence-corrected chi connectivity index (χ0v) is 12.8. The molecule has 8 heteroatoms. The Kier molecular flexibility index (Phi) is 4.13. The maximum atomic E-state index is 11.6. The molecule has 19 heavy (non-hydrogen) atoms. The van der Waals surface area contributed by atoms with Crippen molar-refractivity contribution in [2.45, 2.75) is 26.1 Å². The standard InChI is InChI=1S/C11H17N2O4PS/c1-4-11(17-18(3,14)15)12-10(16-13(11)5-2)9-7-6-8-19-9/h6-8H,4-5H2,1-3H3,(H,14,15). The molecule has 0 amide bonds. The second-order valence-electron chi connectivity index (χ2n) is 4.17. The monoisotopic (exact) mass is 304 g/mol. The van der Waals surface area contributed by atoms with Crippen LogP contribution in [0.1, 0.15) is 25.1 Å². The molecular formula is C11H17N2O4PS. The van der Waals surface area contributed by atoms with E-state index in [1.54, 1.807) is 0 Å². The van der Waals surface area contributed by atoms with Gasteiger partial charge >= 0.3 is 7.60 Å². The van der Waals surface area contributed by atoms with E-state index in [1.165, 1.54) is 16.4 Å². The van der Waals surface area contributed by atoms with Crippen LogP contribution in [-0.2, 0) is 13.9 Å². The highest BCUT2D eigenvalue weighted by atomic mass is 32.1. The average Bonchev–Trinajstić information content (AvgIpc) is 2.93. The molecule has 106 valence electrons. The molecule has 1 aromatic rings. The lowest BCUT2D eigenvalue weighted by atomic mass is 10.3. The van der Waals surface area contributed by atoms with Crippen LogP contribution in [0.15, 0.2) is 22.5 Å². The van der Waals surface area contributed by atoms with Crippen molar-refractivity contribution in [2.75, 3.05) is 13.2 Å². The van der Waals surface area contributed by atoms with E-state index in [1.807, 2.05) is 31.4 Å². The lowest BCUT2D eigenvalue weighted by Crippen LogP contribution is -2.44. The predicted octanol–water partition coefficient (Wildman–Crippen LogP) is 2.66. The van der Waals surface area contributed by atoms with Gasteiger partial charge in [-0.2, -0.15) is 4.99 Å². The molecule has 2 heterocycles. The SMILES string of the molecule is CCN1OC(c2cccs2)=NC1(CC)OP(C)(=O)O. The van der Waals surface area contributed by atoms with E-state index in [9.17, 15) is 9.46 Å². The zero-order chi connectivity index (χ0) is 14.1. The summed E-state index contributed by atoms with van der Waals surface area (Å²) in [4.78, 5) is 20.4. The quantitative estimate of drug-likeness (QED) is 0.847. The average molecular weight is 304 g/mol. The van der Waals surface area contributed by atoms with Crippen molar-refractivity contribution in [3.8, 4) is 0 Å². The van der Waals surface area contributed by atoms with E-state index in [0.717, 1.165) is 11.5 Å². The fraction of sp³-hybridized carbons (Fsp3) is 0.545. The Labute approximate surface area is 116 Å². The number of thiophene rings is 1. The van der Waals surface area contributed by atoms with Crippen LogP contribution in [0.5, 0.6) is 0 Å². The fourth-order valence-electron chi connectivity index (χ4n) is 1.88. The summed E-state index contributed by atoms with van der Waals surface area (Å²) in [6, 6.07) is 3.78. The molecule has 1 aliphatic rings. The molecule has 0 saturated heterocycles. The van der Waals surface area contributed by atoms with Crippen LogP contribution in [-0.4, -0.2) is 34.9 Å². The molecule has 0 bridgehead atoms. The molecule has 1 N–H and O–H groups in total. The van der Waals surface area contributed by atoms with Gasteiger partial charge in [-0.25, -0.2) is 0 Å². The van der Waals surface area contributed by atoms with Gasteiger partial charge in [0.05, 0.1) is 4.88 Å². The largest absolute Gasteiger partial charge is 0.380 e. The minimum Gasteiger partial charge on any atom is -0.380 e. The Hall–Kier alpha value is -0.720. The second-order valence-corrected chi connectivity index (χ2v) is 6.91. The summed E-state index contributed by atoms with van der Waals surface area (Å²) in [6.07, 6.45) is 0.411. The Balaban J connectivity index is 2.36. The van der Waals surface area contributed by atoms with E-state index >= 15 is 0 Å². The topological polar surface area (TPSA) is 71.4 Å². The van der Waals surface area contributed by atoms with Gasteiger partial charge in [-0.05, 0) is 18.4 Å². The summed E-state index contributed by atoms with van der Waals surface area (Å²) >= 11 is 1.49. The fourth-order valence-corrected chi connectivity index (χ4v) is 3.33. The summed E-state index contributed by atoms with van der Waals surface area (Å²) in [7, 11) is -3.68. The predicted molar refractivity (Wildman–Crippen MR) is 74.2 cm³/mol. The maximum Gasteiger partial charge on any atom is 0.328 e. The minimum atomic E-state index is -3.68. The smallest absolute Gasteiger partial charge is 0.328 e. The van der Waals surface area contributed by atoms with Gasteiger partial charge in [-0.3, -0.25) is 9.09 Å². The highest BCUT2D eigenvalue weighted by molar-refractivity contribution is 7.51. The molecular weight excluding hydrogens is 287 g/mol. The zero-order valence-electron chi connectivity index (χ0n) is 11.1. The summed E-state index contributed by atoms with van der Waals surface area (Å²) in [6.45, 7) is 5.35. The lowest BCUT2D eigenvalue weighted by molar-refractivity contribution is -0.209. The molecule has 2 atom stereocenters. The number of hydrogen-bond acceptors (Lipinski definition) is 6. The van der Waals surface area contributed by atoms with E-state index in [-0.39, 0.29) is 0 Å². The Morgan fingerprint density at radius 1 is 1.63 bits per heavy atom. The van der Waals surface area contributed by atoms with Crippen LogP contribution in [0.4, 0.5) is 0 Å². The first-order chi connectivity index (χ1) is 8.90. The van der Waals surface area contributed by atoms with Gasteiger partial charge in [-0.15, -0.1) is 11.3 Å². The van der Waals surface area contributed by atoms with Gasteiger partial charge in [-0.1, -0.05) is 18.1 Å². The third kappa shape index (κ3) is 3.07. The number of hydroxylamine groups is 2. The Morgan fingerprint density at radius 3 is 2.84 bits per heavy atom. The van der Waals surface area contributed by atoms with Crippen LogP contribution < -0.4 is 0 Å². The maximum absolute atomic E-state index is 11.6. The van der Waals surface area contributed by atoms with Gasteiger partial charge in [0.2, 0.25) is 0 Å². The molecule has 0 saturated carbocycles. The van der Waals surface area contributed by atoms with Gasteiger partial charge in [0.1, 0.15) is 0 Å². The van der Waals surface area contributed by atoms with Gasteiger partial charge in [0.25, 0.3) is 11.7 Å². The number of hydrogen-bond donors (Lipinski definition) is 1. The van der Waals surface area contributed by atoms with Crippen molar-refractivity contribution in [1.29, 1.82) is 0 Å². The normalized spacial score (nSPS) is 26.8. The lowest BCUT2D eigenvalue weighted by Gasteiger charge is -2.32. The molecule has 6 nitrogen and oxygen atoms in total. The summed E-state index contributed by atoms with van der Waals surface area (Å²) in [5.41, 5.74) is 0. The molecule has 0 fully saturated rings. The molecule has 2 rings (SSSR count). The van der Waals surface area contributed by atoms with E-state index < -0.39 is 13.4 Å². The summed E-state index contributed by atoms with van der Waals surface area (Å²) in [5, 5.41) is 3.41. The molecule has 0 radical (unpaired) electrons. The van der Waals surface area contributed by atoms with Gasteiger partial charge < -0.3 is 9.73 Å². The number of aliphatic imine (C=N–C) groups is 1. The summed E-state index contributed by atoms with van der Waals surface area (Å²) < 4.78 is 16.9. The van der Waals surface area contributed by atoms with Gasteiger partial charge in [0, 0.05) is 19.6 Å². The Bertz CT molecular complexity index is 513. The van der Waals surface area contributed by atoms with Crippen molar-refractivity contribution < 1.29 is 18.8 Å². The van der Waals surface area contributed by atoms with E-state index in [4.69, 9.17) is 9.36 Å². The first-order valence-electron chi connectivity index (χ1n) is 6.00. The molecule has 0 aromatic carbocycles. The third-order valence-electron chi connectivity index (χ3n) is 2.66. The molecule has 0 aliphatic carbocycles. The van der Waals surface area contributed by atoms with Crippen molar-refractivity contribution in [2.24, 2.45) is 4.99 Å². The number of rotatable bonds is 5. The highest BCUT2D eigenvalue weighted by Gasteiger charge is 2.47. The van der Waals surface area contributed by atoms with Crippen molar-refractivity contribution >= 4 is 24.8 Å². The van der Waals surface area contributed by atoms with Crippen molar-refractivity contribution in [3.63, 3.8) is 0 Å². The molecule has 1 aliphatic heterocycles.